The normalized spacial score (nSPS) is 11.2. The van der Waals surface area contributed by atoms with E-state index >= 15 is 0 Å². The molecule has 0 fully saturated rings. The number of aryl methyl sites for hydroxylation is 1. The molecule has 0 bridgehead atoms. The van der Waals surface area contributed by atoms with E-state index < -0.39 is 43.8 Å². The summed E-state index contributed by atoms with van der Waals surface area (Å²) in [6.45, 7) is 1.57. The van der Waals surface area contributed by atoms with Gasteiger partial charge in [-0.2, -0.15) is 0 Å². The molecule has 2 N–H and O–H groups in total. The predicted octanol–water partition coefficient (Wildman–Crippen LogP) is 2.77. The fourth-order valence-electron chi connectivity index (χ4n) is 1.84. The van der Waals surface area contributed by atoms with E-state index in [1.165, 1.54) is 6.07 Å². The van der Waals surface area contributed by atoms with Crippen molar-refractivity contribution in [1.82, 2.24) is 0 Å². The predicted molar refractivity (Wildman–Crippen MR) is 75.3 cm³/mol. The van der Waals surface area contributed by atoms with E-state index in [1.807, 2.05) is 4.72 Å². The molecule has 0 saturated heterocycles. The molecule has 0 unspecified atom stereocenters. The molecule has 0 radical (unpaired) electrons. The summed E-state index contributed by atoms with van der Waals surface area (Å²) < 4.78 is 53.5. The maximum absolute atomic E-state index is 13.7. The number of nitrogens with one attached hydrogen (secondary N) is 1. The van der Waals surface area contributed by atoms with Crippen LogP contribution in [0.2, 0.25) is 0 Å². The maximum Gasteiger partial charge on any atom is 0.340 e. The van der Waals surface area contributed by atoms with Crippen molar-refractivity contribution in [3.63, 3.8) is 0 Å². The molecular weight excluding hydrogens is 316 g/mol. The number of aromatic carboxylic acids is 1. The number of halogens is 2. The van der Waals surface area contributed by atoms with E-state index in [0.717, 1.165) is 30.3 Å². The largest absolute Gasteiger partial charge is 0.478 e. The highest BCUT2D eigenvalue weighted by molar-refractivity contribution is 7.92. The van der Waals surface area contributed by atoms with E-state index in [-0.39, 0.29) is 0 Å². The lowest BCUT2D eigenvalue weighted by molar-refractivity contribution is 0.0693. The lowest BCUT2D eigenvalue weighted by Crippen LogP contribution is -2.17. The third kappa shape index (κ3) is 3.06. The minimum atomic E-state index is -4.39. The number of hydrogen-bond donors (Lipinski definition) is 2. The van der Waals surface area contributed by atoms with Crippen LogP contribution in [0.4, 0.5) is 14.5 Å². The maximum atomic E-state index is 13.7. The molecule has 22 heavy (non-hydrogen) atoms. The van der Waals surface area contributed by atoms with Gasteiger partial charge in [-0.05, 0) is 36.8 Å². The van der Waals surface area contributed by atoms with Gasteiger partial charge in [-0.25, -0.2) is 22.0 Å². The molecule has 8 heteroatoms. The smallest absolute Gasteiger partial charge is 0.340 e. The second-order valence-electron chi connectivity index (χ2n) is 4.51. The van der Waals surface area contributed by atoms with Crippen molar-refractivity contribution in [2.75, 3.05) is 4.72 Å². The van der Waals surface area contributed by atoms with Crippen LogP contribution >= 0.6 is 0 Å². The lowest BCUT2D eigenvalue weighted by Gasteiger charge is -2.12. The Balaban J connectivity index is 2.53. The van der Waals surface area contributed by atoms with Crippen molar-refractivity contribution in [3.8, 4) is 0 Å². The van der Waals surface area contributed by atoms with Gasteiger partial charge in [-0.15, -0.1) is 0 Å². The Labute approximate surface area is 125 Å². The van der Waals surface area contributed by atoms with Gasteiger partial charge in [0.1, 0.15) is 22.1 Å². The summed E-state index contributed by atoms with van der Waals surface area (Å²) in [5.74, 6) is -3.73. The second kappa shape index (κ2) is 5.72. The Kier molecular flexibility index (Phi) is 4.14. The first-order chi connectivity index (χ1) is 10.2. The molecule has 0 spiro atoms. The van der Waals surface area contributed by atoms with E-state index in [9.17, 15) is 22.0 Å². The van der Waals surface area contributed by atoms with Gasteiger partial charge in [0.25, 0.3) is 10.0 Å². The Morgan fingerprint density at radius 3 is 2.45 bits per heavy atom. The number of hydrogen-bond acceptors (Lipinski definition) is 3. The van der Waals surface area contributed by atoms with Gasteiger partial charge in [0, 0.05) is 0 Å². The number of benzene rings is 2. The Morgan fingerprint density at radius 2 is 1.82 bits per heavy atom. The van der Waals surface area contributed by atoms with Crippen LogP contribution in [-0.2, 0) is 10.0 Å². The molecular formula is C14H11F2NO4S. The van der Waals surface area contributed by atoms with E-state index in [2.05, 4.69) is 0 Å². The monoisotopic (exact) mass is 327 g/mol. The molecule has 5 nitrogen and oxygen atoms in total. The Bertz CT molecular complexity index is 850. The van der Waals surface area contributed by atoms with Crippen molar-refractivity contribution in [2.24, 2.45) is 0 Å². The fourth-order valence-corrected chi connectivity index (χ4v) is 3.08. The Hall–Kier alpha value is -2.48. The van der Waals surface area contributed by atoms with Gasteiger partial charge in [0.2, 0.25) is 0 Å². The average molecular weight is 327 g/mol. The van der Waals surface area contributed by atoms with Gasteiger partial charge in [-0.1, -0.05) is 12.1 Å². The zero-order valence-electron chi connectivity index (χ0n) is 11.3. The van der Waals surface area contributed by atoms with Gasteiger partial charge in [-0.3, -0.25) is 4.72 Å². The van der Waals surface area contributed by atoms with Gasteiger partial charge >= 0.3 is 5.97 Å². The molecule has 0 saturated carbocycles. The molecule has 0 aliphatic rings. The summed E-state index contributed by atoms with van der Waals surface area (Å²) in [5.41, 5.74) is -0.813. The third-order valence-corrected chi connectivity index (χ3v) is 4.23. The van der Waals surface area contributed by atoms with Gasteiger partial charge in [0.15, 0.2) is 0 Å². The average Bonchev–Trinajstić information content (AvgIpc) is 2.40. The first kappa shape index (κ1) is 15.9. The molecule has 0 aromatic heterocycles. The van der Waals surface area contributed by atoms with Crippen LogP contribution in [0.1, 0.15) is 15.9 Å². The highest BCUT2D eigenvalue weighted by atomic mass is 32.2. The molecule has 0 aliphatic carbocycles. The van der Waals surface area contributed by atoms with Crippen molar-refractivity contribution in [2.45, 2.75) is 11.8 Å². The van der Waals surface area contributed by atoms with Crippen LogP contribution < -0.4 is 4.72 Å². The van der Waals surface area contributed by atoms with Crippen molar-refractivity contribution in [1.29, 1.82) is 0 Å². The van der Waals surface area contributed by atoms with E-state index in [0.29, 0.717) is 5.56 Å². The van der Waals surface area contributed by atoms with Crippen LogP contribution in [0.15, 0.2) is 41.3 Å². The number of carbonyl (C=O) groups is 1. The number of rotatable bonds is 4. The number of carboxylic acids is 1. The molecule has 0 heterocycles. The summed E-state index contributed by atoms with van der Waals surface area (Å²) in [6.07, 6.45) is 0. The molecule has 116 valence electrons. The SMILES string of the molecule is Cc1ccc(F)c(S(=O)(=O)Nc2cccc(F)c2C(=O)O)c1. The summed E-state index contributed by atoms with van der Waals surface area (Å²) in [6, 6.07) is 6.57. The number of carboxylic acid groups (broad SMARTS) is 1. The first-order valence-corrected chi connectivity index (χ1v) is 7.51. The van der Waals surface area contributed by atoms with Crippen LogP contribution in [0.25, 0.3) is 0 Å². The summed E-state index contributed by atoms with van der Waals surface area (Å²) in [5, 5.41) is 8.96. The summed E-state index contributed by atoms with van der Waals surface area (Å²) in [4.78, 5) is 10.4. The zero-order chi connectivity index (χ0) is 16.5. The quantitative estimate of drug-likeness (QED) is 0.904. The molecule has 2 aromatic carbocycles. The summed E-state index contributed by atoms with van der Waals surface area (Å²) >= 11 is 0. The van der Waals surface area contributed by atoms with Crippen molar-refractivity contribution in [3.05, 3.63) is 59.2 Å². The second-order valence-corrected chi connectivity index (χ2v) is 6.16. The van der Waals surface area contributed by atoms with Crippen LogP contribution in [0, 0.1) is 18.6 Å². The fraction of sp³-hybridized carbons (Fsp3) is 0.0714. The van der Waals surface area contributed by atoms with Crippen LogP contribution in [0.3, 0.4) is 0 Å². The van der Waals surface area contributed by atoms with Gasteiger partial charge in [0.05, 0.1) is 5.69 Å². The van der Waals surface area contributed by atoms with Crippen LogP contribution in [0.5, 0.6) is 0 Å². The van der Waals surface area contributed by atoms with Crippen LogP contribution in [-0.4, -0.2) is 19.5 Å². The minimum absolute atomic E-state index is 0.478. The topological polar surface area (TPSA) is 83.5 Å². The zero-order valence-corrected chi connectivity index (χ0v) is 12.1. The molecule has 0 amide bonds. The first-order valence-electron chi connectivity index (χ1n) is 6.03. The molecule has 2 aromatic rings. The summed E-state index contributed by atoms with van der Waals surface area (Å²) in [7, 11) is -4.39. The van der Waals surface area contributed by atoms with Gasteiger partial charge < -0.3 is 5.11 Å². The van der Waals surface area contributed by atoms with Crippen molar-refractivity contribution < 1.29 is 27.1 Å². The van der Waals surface area contributed by atoms with E-state index in [1.54, 1.807) is 6.92 Å². The number of anilines is 1. The molecule has 2 rings (SSSR count). The minimum Gasteiger partial charge on any atom is -0.478 e. The standard InChI is InChI=1S/C14H11F2NO4S/c1-8-5-6-9(15)12(7-8)22(20,21)17-11-4-2-3-10(16)13(11)14(18)19/h2-7,17H,1H3,(H,18,19). The molecule has 0 aliphatic heterocycles. The highest BCUT2D eigenvalue weighted by Gasteiger charge is 2.23. The third-order valence-electron chi connectivity index (χ3n) is 2.85. The Morgan fingerprint density at radius 1 is 1.14 bits per heavy atom. The highest BCUT2D eigenvalue weighted by Crippen LogP contribution is 2.24. The number of sulfonamides is 1. The molecule has 0 atom stereocenters. The van der Waals surface area contributed by atoms with E-state index in [4.69, 9.17) is 5.11 Å². The van der Waals surface area contributed by atoms with Crippen molar-refractivity contribution >= 4 is 21.7 Å². The lowest BCUT2D eigenvalue weighted by atomic mass is 10.2.